The van der Waals surface area contributed by atoms with Crippen LogP contribution in [0.5, 0.6) is 0 Å². The number of nitrogens with zero attached hydrogens (tertiary/aromatic N) is 3. The van der Waals surface area contributed by atoms with Crippen LogP contribution in [0.2, 0.25) is 0 Å². The van der Waals surface area contributed by atoms with Gasteiger partial charge >= 0.3 is 17.7 Å². The van der Waals surface area contributed by atoms with Crippen LogP contribution in [0.25, 0.3) is 0 Å². The van der Waals surface area contributed by atoms with Crippen LogP contribution >= 0.6 is 11.8 Å². The van der Waals surface area contributed by atoms with Crippen molar-refractivity contribution in [3.8, 4) is 0 Å². The highest BCUT2D eigenvalue weighted by Crippen LogP contribution is 2.20. The van der Waals surface area contributed by atoms with E-state index in [0.717, 1.165) is 4.73 Å². The molecule has 1 heterocycles. The molecule has 2 aromatic rings. The van der Waals surface area contributed by atoms with Crippen LogP contribution in [0.3, 0.4) is 0 Å². The average molecular weight is 430 g/mol. The summed E-state index contributed by atoms with van der Waals surface area (Å²) >= 11 is -1.07. The van der Waals surface area contributed by atoms with Crippen LogP contribution in [0.1, 0.15) is 22.8 Å². The van der Waals surface area contributed by atoms with Gasteiger partial charge in [-0.15, -0.1) is 14.5 Å². The zero-order chi connectivity index (χ0) is 20.8. The van der Waals surface area contributed by atoms with Crippen LogP contribution in [0, 0.1) is 6.92 Å². The summed E-state index contributed by atoms with van der Waals surface area (Å²) in [4.78, 5) is 41.1. The summed E-state index contributed by atoms with van der Waals surface area (Å²) in [6, 6.07) is 3.53. The Morgan fingerprint density at radius 2 is 2.04 bits per heavy atom. The summed E-state index contributed by atoms with van der Waals surface area (Å²) in [6.07, 6.45) is 0. The number of nitrogens with one attached hydrogen (secondary N) is 1. The smallest absolute Gasteiger partial charge is 0.388 e. The van der Waals surface area contributed by atoms with Gasteiger partial charge in [0.1, 0.15) is 7.11 Å². The number of aryl methyl sites for hydroxylation is 1. The molecule has 0 radical (unpaired) electrons. The third-order valence-corrected chi connectivity index (χ3v) is 5.26. The van der Waals surface area contributed by atoms with E-state index in [9.17, 15) is 18.6 Å². The van der Waals surface area contributed by atoms with Gasteiger partial charge in [-0.2, -0.15) is 9.76 Å². The molecule has 0 aliphatic rings. The van der Waals surface area contributed by atoms with Crippen LogP contribution in [-0.2, 0) is 20.1 Å². The summed E-state index contributed by atoms with van der Waals surface area (Å²) in [7, 11) is 2.44. The van der Waals surface area contributed by atoms with Crippen molar-refractivity contribution < 1.29 is 27.7 Å². The SMILES string of the molecule is CCSc1nn(C(=O)NOS(=O)c2c(C)cccc2C(=O)OC)c(=O)n1OC. The molecule has 0 spiro atoms. The lowest BCUT2D eigenvalue weighted by atomic mass is 10.1. The molecule has 1 amide bonds. The van der Waals surface area contributed by atoms with Gasteiger partial charge in [-0.25, -0.2) is 18.6 Å². The Morgan fingerprint density at radius 3 is 2.64 bits per heavy atom. The van der Waals surface area contributed by atoms with Gasteiger partial charge in [0.15, 0.2) is 0 Å². The number of carbonyl (C=O) groups is 2. The minimum atomic E-state index is -2.25. The van der Waals surface area contributed by atoms with Crippen molar-refractivity contribution >= 4 is 34.8 Å². The lowest BCUT2D eigenvalue weighted by molar-refractivity contribution is 0.0596. The van der Waals surface area contributed by atoms with E-state index in [0.29, 0.717) is 16.0 Å². The van der Waals surface area contributed by atoms with Crippen LogP contribution < -0.4 is 16.0 Å². The molecule has 13 heteroatoms. The zero-order valence-electron chi connectivity index (χ0n) is 15.5. The maximum absolute atomic E-state index is 12.5. The summed E-state index contributed by atoms with van der Waals surface area (Å²) in [5.41, 5.74) is 1.53. The summed E-state index contributed by atoms with van der Waals surface area (Å²) in [6.45, 7) is 3.45. The van der Waals surface area contributed by atoms with Crippen molar-refractivity contribution in [1.29, 1.82) is 0 Å². The minimum absolute atomic E-state index is 0.0255. The van der Waals surface area contributed by atoms with Crippen molar-refractivity contribution in [2.75, 3.05) is 20.0 Å². The lowest BCUT2D eigenvalue weighted by Gasteiger charge is -2.10. The highest BCUT2D eigenvalue weighted by atomic mass is 32.2. The maximum Gasteiger partial charge on any atom is 0.388 e. The molecule has 11 nitrogen and oxygen atoms in total. The van der Waals surface area contributed by atoms with Gasteiger partial charge in [0.05, 0.1) is 17.6 Å². The first-order valence-electron chi connectivity index (χ1n) is 7.82. The molecule has 0 fully saturated rings. The number of rotatable bonds is 7. The van der Waals surface area contributed by atoms with Crippen molar-refractivity contribution in [1.82, 2.24) is 20.0 Å². The second kappa shape index (κ2) is 9.52. The molecular weight excluding hydrogens is 412 g/mol. The van der Waals surface area contributed by atoms with Gasteiger partial charge in [0, 0.05) is 0 Å². The first-order valence-corrected chi connectivity index (χ1v) is 9.88. The number of thioether (sulfide) groups is 1. The Balaban J connectivity index is 2.22. The van der Waals surface area contributed by atoms with Gasteiger partial charge in [-0.3, -0.25) is 0 Å². The monoisotopic (exact) mass is 430 g/mol. The minimum Gasteiger partial charge on any atom is -0.465 e. The first kappa shape index (κ1) is 21.7. The molecule has 28 heavy (non-hydrogen) atoms. The van der Waals surface area contributed by atoms with E-state index in [2.05, 4.69) is 9.84 Å². The number of aromatic nitrogens is 3. The van der Waals surface area contributed by atoms with Crippen molar-refractivity contribution in [2.24, 2.45) is 0 Å². The molecule has 2 rings (SSSR count). The number of hydrogen-bond donors (Lipinski definition) is 1. The molecule has 0 bridgehead atoms. The molecular formula is C15H18N4O7S2. The van der Waals surface area contributed by atoms with E-state index < -0.39 is 28.8 Å². The second-order valence-electron chi connectivity index (χ2n) is 5.06. The fraction of sp³-hybridized carbons (Fsp3) is 0.333. The molecule has 1 aromatic carbocycles. The van der Waals surface area contributed by atoms with E-state index in [4.69, 9.17) is 9.12 Å². The van der Waals surface area contributed by atoms with Crippen LogP contribution in [-0.4, -0.2) is 50.7 Å². The average Bonchev–Trinajstić information content (AvgIpc) is 3.00. The van der Waals surface area contributed by atoms with E-state index in [1.54, 1.807) is 19.1 Å². The fourth-order valence-corrected chi connectivity index (χ4v) is 3.70. The molecule has 0 aliphatic heterocycles. The van der Waals surface area contributed by atoms with Crippen molar-refractivity contribution in [3.63, 3.8) is 0 Å². The van der Waals surface area contributed by atoms with Crippen LogP contribution in [0.4, 0.5) is 4.79 Å². The number of methoxy groups -OCH3 is 1. The third kappa shape index (κ3) is 4.43. The zero-order valence-corrected chi connectivity index (χ0v) is 17.1. The quantitative estimate of drug-likeness (QED) is 0.379. The standard InChI is InChI=1S/C15H18N4O7S2/c1-5-27-14-16-18(15(22)19(14)25-4)13(21)17-26-28(23)11-9(2)7-6-8-10(11)12(20)24-3/h6-8H,5H2,1-4H3,(H,17,21). The van der Waals surface area contributed by atoms with Gasteiger partial charge in [0.2, 0.25) is 16.2 Å². The third-order valence-electron chi connectivity index (χ3n) is 3.35. The number of hydrogen-bond acceptors (Lipinski definition) is 9. The van der Waals surface area contributed by atoms with E-state index >= 15 is 0 Å². The molecule has 1 aromatic heterocycles. The lowest BCUT2D eigenvalue weighted by Crippen LogP contribution is -2.39. The molecule has 1 atom stereocenters. The Labute approximate surface area is 166 Å². The maximum atomic E-state index is 12.5. The first-order chi connectivity index (χ1) is 13.3. The van der Waals surface area contributed by atoms with Crippen molar-refractivity contribution in [2.45, 2.75) is 23.9 Å². The number of amides is 1. The largest absolute Gasteiger partial charge is 0.465 e. The highest BCUT2D eigenvalue weighted by Gasteiger charge is 2.23. The Bertz CT molecular complexity index is 970. The number of hydroxylamine groups is 1. The molecule has 0 saturated carbocycles. The van der Waals surface area contributed by atoms with E-state index in [1.165, 1.54) is 32.0 Å². The molecule has 0 aliphatic carbocycles. The fourth-order valence-electron chi connectivity index (χ4n) is 2.14. The van der Waals surface area contributed by atoms with Gasteiger partial charge < -0.3 is 9.57 Å². The summed E-state index contributed by atoms with van der Waals surface area (Å²) < 4.78 is 23.3. The molecule has 152 valence electrons. The summed E-state index contributed by atoms with van der Waals surface area (Å²) in [5.74, 6) is -0.121. The molecule has 0 saturated heterocycles. The number of benzene rings is 1. The van der Waals surface area contributed by atoms with Crippen LogP contribution in [0.15, 0.2) is 33.0 Å². The highest BCUT2D eigenvalue weighted by molar-refractivity contribution is 7.99. The molecule has 1 unspecified atom stereocenters. The number of ether oxygens (including phenoxy) is 1. The Morgan fingerprint density at radius 1 is 1.32 bits per heavy atom. The Kier molecular flexibility index (Phi) is 7.37. The van der Waals surface area contributed by atoms with Gasteiger partial charge in [0.25, 0.3) is 0 Å². The molecule has 1 N–H and O–H groups in total. The number of carbonyl (C=O) groups excluding carboxylic acids is 2. The number of esters is 1. The summed E-state index contributed by atoms with van der Waals surface area (Å²) in [5, 5.41) is 4.00. The van der Waals surface area contributed by atoms with Gasteiger partial charge in [-0.1, -0.05) is 30.8 Å². The predicted octanol–water partition coefficient (Wildman–Crippen LogP) is 0.522. The van der Waals surface area contributed by atoms with E-state index in [-0.39, 0.29) is 15.6 Å². The predicted molar refractivity (Wildman–Crippen MR) is 99.3 cm³/mol. The topological polar surface area (TPSA) is 131 Å². The van der Waals surface area contributed by atoms with Crippen molar-refractivity contribution in [3.05, 3.63) is 39.8 Å². The van der Waals surface area contributed by atoms with E-state index in [1.807, 2.05) is 12.4 Å². The normalized spacial score (nSPS) is 11.7. The Hall–Kier alpha value is -2.64. The second-order valence-corrected chi connectivity index (χ2v) is 7.33. The van der Waals surface area contributed by atoms with Gasteiger partial charge in [-0.05, 0) is 24.3 Å².